The van der Waals surface area contributed by atoms with Crippen LogP contribution < -0.4 is 5.32 Å². The lowest BCUT2D eigenvalue weighted by atomic mass is 9.89. The zero-order chi connectivity index (χ0) is 9.38. The van der Waals surface area contributed by atoms with Gasteiger partial charge in [-0.1, -0.05) is 33.1 Å². The molecule has 3 radical (unpaired) electrons. The second-order valence-corrected chi connectivity index (χ2v) is 6.64. The molecule has 1 aliphatic heterocycles. The predicted octanol–water partition coefficient (Wildman–Crippen LogP) is 3.20. The molecular weight excluding hydrogens is 213 g/mol. The van der Waals surface area contributed by atoms with Crippen molar-refractivity contribution in [1.82, 2.24) is 5.32 Å². The molecule has 16 heavy (non-hydrogen) atoms. The summed E-state index contributed by atoms with van der Waals surface area (Å²) in [7, 11) is 0. The molecule has 1 heterocycles. The zero-order valence-corrected chi connectivity index (χ0v) is 10.3. The fourth-order valence-electron chi connectivity index (χ4n) is 3.40. The van der Waals surface area contributed by atoms with Crippen LogP contribution in [0.2, 0.25) is 0 Å². The molecule has 91 valence electrons. The molecule has 0 aromatic rings. The number of hydrogen-bond acceptors (Lipinski definition) is 2. The van der Waals surface area contributed by atoms with E-state index in [0.29, 0.717) is 0 Å². The lowest BCUT2D eigenvalue weighted by Gasteiger charge is -2.46. The minimum absolute atomic E-state index is 0. The van der Waals surface area contributed by atoms with Crippen LogP contribution in [0.4, 0.5) is 0 Å². The maximum atomic E-state index is 3.94. The Kier molecular flexibility index (Phi) is 5.73. The number of fused-ring (bicyclic) bond motifs is 2. The fraction of sp³-hybridized carbons (Fsp3) is 1.00. The average molecular weight is 238 g/mol. The summed E-state index contributed by atoms with van der Waals surface area (Å²) < 4.78 is 0. The molecule has 1 saturated heterocycles. The van der Waals surface area contributed by atoms with Gasteiger partial charge in [-0.05, 0) is 25.7 Å². The maximum absolute atomic E-state index is 3.94. The first-order chi connectivity index (χ1) is 6.93. The van der Waals surface area contributed by atoms with Crippen LogP contribution >= 0.6 is 11.8 Å². The highest BCUT2D eigenvalue weighted by molar-refractivity contribution is 8.00. The SMILES string of the molecule is C.C1CCC2SC3CCCCC3NC2C1.[B]. The lowest BCUT2D eigenvalue weighted by Crippen LogP contribution is -2.56. The minimum Gasteiger partial charge on any atom is -0.309 e. The highest BCUT2D eigenvalue weighted by Gasteiger charge is 2.38. The molecule has 3 rings (SSSR count). The number of thioether (sulfide) groups is 1. The molecule has 0 amide bonds. The van der Waals surface area contributed by atoms with Crippen molar-refractivity contribution in [3.63, 3.8) is 0 Å². The summed E-state index contributed by atoms with van der Waals surface area (Å²) in [5.41, 5.74) is 0. The molecule has 3 heteroatoms. The van der Waals surface area contributed by atoms with Gasteiger partial charge < -0.3 is 5.32 Å². The zero-order valence-electron chi connectivity index (χ0n) is 9.45. The van der Waals surface area contributed by atoms with Crippen molar-refractivity contribution >= 4 is 20.2 Å². The monoisotopic (exact) mass is 238 g/mol. The van der Waals surface area contributed by atoms with E-state index in [1.54, 1.807) is 0 Å². The Bertz CT molecular complexity index is 170. The number of nitrogens with one attached hydrogen (secondary N) is 1. The largest absolute Gasteiger partial charge is 0.309 e. The molecule has 2 aliphatic carbocycles. The molecule has 3 aliphatic rings. The van der Waals surface area contributed by atoms with Gasteiger partial charge in [0.25, 0.3) is 0 Å². The van der Waals surface area contributed by atoms with Crippen LogP contribution in [0.25, 0.3) is 0 Å². The Morgan fingerprint density at radius 3 is 1.69 bits per heavy atom. The van der Waals surface area contributed by atoms with E-state index in [2.05, 4.69) is 17.1 Å². The van der Waals surface area contributed by atoms with Crippen molar-refractivity contribution in [2.45, 2.75) is 81.4 Å². The number of hydrogen-bond donors (Lipinski definition) is 1. The molecular formula is C13H25BNS. The van der Waals surface area contributed by atoms with E-state index >= 15 is 0 Å². The van der Waals surface area contributed by atoms with Gasteiger partial charge in [-0.3, -0.25) is 0 Å². The van der Waals surface area contributed by atoms with Gasteiger partial charge in [-0.25, -0.2) is 0 Å². The lowest BCUT2D eigenvalue weighted by molar-refractivity contribution is 0.284. The summed E-state index contributed by atoms with van der Waals surface area (Å²) >= 11 is 2.34. The smallest absolute Gasteiger partial charge is 0.0204 e. The minimum atomic E-state index is 0. The third kappa shape index (κ3) is 2.79. The molecule has 1 N–H and O–H groups in total. The van der Waals surface area contributed by atoms with E-state index in [-0.39, 0.29) is 15.8 Å². The van der Waals surface area contributed by atoms with Gasteiger partial charge in [0.2, 0.25) is 0 Å². The molecule has 2 saturated carbocycles. The standard InChI is InChI=1S/C12H21NS.CH4.B/c1-3-7-11-9(5-1)13-10-6-2-4-8-12(10)14-11;;/h9-13H,1-8H2;1H4;. The van der Waals surface area contributed by atoms with Crippen molar-refractivity contribution in [3.05, 3.63) is 0 Å². The van der Waals surface area contributed by atoms with Gasteiger partial charge in [-0.15, -0.1) is 0 Å². The molecule has 3 fully saturated rings. The highest BCUT2D eigenvalue weighted by Crippen LogP contribution is 2.41. The second kappa shape index (κ2) is 6.35. The van der Waals surface area contributed by atoms with E-state index < -0.39 is 0 Å². The Hall–Kier alpha value is 0.375. The Morgan fingerprint density at radius 2 is 1.19 bits per heavy atom. The Balaban J connectivity index is 0.000000640. The number of rotatable bonds is 0. The van der Waals surface area contributed by atoms with Crippen LogP contribution in [-0.2, 0) is 0 Å². The summed E-state index contributed by atoms with van der Waals surface area (Å²) in [6.45, 7) is 0. The van der Waals surface area contributed by atoms with Gasteiger partial charge in [0, 0.05) is 31.0 Å². The van der Waals surface area contributed by atoms with E-state index in [9.17, 15) is 0 Å². The van der Waals surface area contributed by atoms with E-state index in [4.69, 9.17) is 0 Å². The Morgan fingerprint density at radius 1 is 0.750 bits per heavy atom. The van der Waals surface area contributed by atoms with Crippen molar-refractivity contribution < 1.29 is 0 Å². The van der Waals surface area contributed by atoms with Crippen LogP contribution in [0.5, 0.6) is 0 Å². The average Bonchev–Trinajstić information content (AvgIpc) is 2.26. The van der Waals surface area contributed by atoms with Gasteiger partial charge in [0.05, 0.1) is 0 Å². The molecule has 0 bridgehead atoms. The van der Waals surface area contributed by atoms with Crippen LogP contribution in [0.3, 0.4) is 0 Å². The van der Waals surface area contributed by atoms with Crippen LogP contribution in [0.1, 0.15) is 58.8 Å². The summed E-state index contributed by atoms with van der Waals surface area (Å²) in [6, 6.07) is 1.74. The molecule has 4 unspecified atom stereocenters. The fourth-order valence-corrected chi connectivity index (χ4v) is 5.26. The second-order valence-electron chi connectivity index (χ2n) is 5.16. The predicted molar refractivity (Wildman–Crippen MR) is 75.3 cm³/mol. The molecule has 0 aromatic heterocycles. The maximum Gasteiger partial charge on any atom is 0.0204 e. The topological polar surface area (TPSA) is 12.0 Å². The van der Waals surface area contributed by atoms with Crippen molar-refractivity contribution in [3.8, 4) is 0 Å². The molecule has 0 spiro atoms. The molecule has 1 nitrogen and oxygen atoms in total. The van der Waals surface area contributed by atoms with Crippen LogP contribution in [0.15, 0.2) is 0 Å². The summed E-state index contributed by atoms with van der Waals surface area (Å²) in [5, 5.41) is 5.86. The highest BCUT2D eigenvalue weighted by atomic mass is 32.2. The van der Waals surface area contributed by atoms with Gasteiger partial charge in [0.15, 0.2) is 0 Å². The molecule has 0 aromatic carbocycles. The third-order valence-corrected chi connectivity index (χ3v) is 6.01. The van der Waals surface area contributed by atoms with Crippen LogP contribution in [-0.4, -0.2) is 31.0 Å². The van der Waals surface area contributed by atoms with Gasteiger partial charge in [-0.2, -0.15) is 11.8 Å². The first-order valence-electron chi connectivity index (χ1n) is 6.35. The van der Waals surface area contributed by atoms with E-state index in [1.807, 2.05) is 0 Å². The quantitative estimate of drug-likeness (QED) is 0.650. The normalized spacial score (nSPS) is 42.0. The van der Waals surface area contributed by atoms with Crippen molar-refractivity contribution in [2.24, 2.45) is 0 Å². The first kappa shape index (κ1) is 14.4. The van der Waals surface area contributed by atoms with Crippen molar-refractivity contribution in [1.29, 1.82) is 0 Å². The first-order valence-corrected chi connectivity index (χ1v) is 7.29. The van der Waals surface area contributed by atoms with E-state index in [1.165, 1.54) is 51.4 Å². The van der Waals surface area contributed by atoms with Gasteiger partial charge >= 0.3 is 0 Å². The third-order valence-electron chi connectivity index (χ3n) is 4.18. The van der Waals surface area contributed by atoms with E-state index in [0.717, 1.165) is 22.6 Å². The summed E-state index contributed by atoms with van der Waals surface area (Å²) in [6.07, 6.45) is 11.7. The summed E-state index contributed by atoms with van der Waals surface area (Å²) in [4.78, 5) is 0. The Labute approximate surface area is 107 Å². The summed E-state index contributed by atoms with van der Waals surface area (Å²) in [5.74, 6) is 0. The van der Waals surface area contributed by atoms with Gasteiger partial charge in [0.1, 0.15) is 0 Å². The molecule has 4 atom stereocenters. The van der Waals surface area contributed by atoms with Crippen molar-refractivity contribution in [2.75, 3.05) is 0 Å². The van der Waals surface area contributed by atoms with Crippen LogP contribution in [0, 0.1) is 0 Å².